The number of hydrogen-bond acceptors (Lipinski definition) is 7. The Hall–Kier alpha value is -0.900. The van der Waals surface area contributed by atoms with Crippen LogP contribution in [0.5, 0.6) is 0 Å². The van der Waals surface area contributed by atoms with Crippen molar-refractivity contribution in [2.75, 3.05) is 51.1 Å². The molecule has 0 bridgehead atoms. The molecule has 11 heteroatoms. The van der Waals surface area contributed by atoms with E-state index in [1.54, 1.807) is 6.33 Å². The topological polar surface area (TPSA) is 82.3 Å². The summed E-state index contributed by atoms with van der Waals surface area (Å²) in [6.07, 6.45) is 5.20. The molecule has 2 aromatic heterocycles. The monoisotopic (exact) mass is 513 g/mol. The predicted molar refractivity (Wildman–Crippen MR) is 141 cm³/mol. The molecular weight excluding hydrogens is 473 g/mol. The van der Waals surface area contributed by atoms with Crippen LogP contribution >= 0.6 is 37.2 Å². The third-order valence-electron chi connectivity index (χ3n) is 5.69. The first-order chi connectivity index (χ1) is 14.0. The normalized spacial score (nSPS) is 12.8. The quantitative estimate of drug-likeness (QED) is 0.396. The molecule has 0 aliphatic carbocycles. The zero-order valence-electron chi connectivity index (χ0n) is 20.0. The lowest BCUT2D eigenvalue weighted by atomic mass is 10.1. The smallest absolute Gasteiger partial charge is 0.165 e. The Bertz CT molecular complexity index is 726. The van der Waals surface area contributed by atoms with Crippen LogP contribution in [0.15, 0.2) is 12.7 Å². The molecule has 2 N–H and O–H groups in total. The average molecular weight is 515 g/mol. The van der Waals surface area contributed by atoms with Crippen molar-refractivity contribution in [2.45, 2.75) is 59.6 Å². The number of nitrogens with zero attached hydrogens (tertiary/aromatic N) is 6. The summed E-state index contributed by atoms with van der Waals surface area (Å²) in [7, 11) is 0. The zero-order valence-corrected chi connectivity index (χ0v) is 22.5. The first-order valence-electron chi connectivity index (χ1n) is 11.1. The number of likely N-dealkylation sites (N-methyl/N-ethyl adjacent to an activating group) is 1. The van der Waals surface area contributed by atoms with Gasteiger partial charge in [0.25, 0.3) is 0 Å². The third kappa shape index (κ3) is 9.53. The highest BCUT2D eigenvalue weighted by Gasteiger charge is 2.16. The van der Waals surface area contributed by atoms with E-state index >= 15 is 0 Å². The lowest BCUT2D eigenvalue weighted by molar-refractivity contribution is 0.128. The molecular formula is C21H42Cl3N7O. The molecule has 0 spiro atoms. The minimum Gasteiger partial charge on any atom is -0.390 e. The minimum atomic E-state index is -0.457. The Balaban J connectivity index is 0. The van der Waals surface area contributed by atoms with E-state index in [0.717, 1.165) is 56.7 Å². The van der Waals surface area contributed by atoms with E-state index in [4.69, 9.17) is 0 Å². The molecule has 0 aromatic carbocycles. The lowest BCUT2D eigenvalue weighted by Crippen LogP contribution is -2.36. The van der Waals surface area contributed by atoms with Gasteiger partial charge in [0, 0.05) is 19.1 Å². The Morgan fingerprint density at radius 1 is 0.969 bits per heavy atom. The molecule has 0 amide bonds. The summed E-state index contributed by atoms with van der Waals surface area (Å²) in [4.78, 5) is 18.0. The minimum absolute atomic E-state index is 0. The van der Waals surface area contributed by atoms with Gasteiger partial charge in [-0.25, -0.2) is 15.0 Å². The molecule has 2 aromatic rings. The summed E-state index contributed by atoms with van der Waals surface area (Å²) in [5.74, 6) is 0.683. The molecule has 32 heavy (non-hydrogen) atoms. The first-order valence-corrected chi connectivity index (χ1v) is 11.1. The summed E-state index contributed by atoms with van der Waals surface area (Å²) < 4.78 is 2.14. The van der Waals surface area contributed by atoms with Gasteiger partial charge in [-0.2, -0.15) is 0 Å². The average Bonchev–Trinajstić information content (AvgIpc) is 3.18. The molecule has 0 radical (unpaired) electrons. The largest absolute Gasteiger partial charge is 0.390 e. The van der Waals surface area contributed by atoms with E-state index in [1.807, 2.05) is 6.33 Å². The highest BCUT2D eigenvalue weighted by Crippen LogP contribution is 2.23. The van der Waals surface area contributed by atoms with Crippen LogP contribution < -0.4 is 5.32 Å². The van der Waals surface area contributed by atoms with Crippen LogP contribution in [0.2, 0.25) is 0 Å². The Morgan fingerprint density at radius 3 is 2.19 bits per heavy atom. The van der Waals surface area contributed by atoms with E-state index in [9.17, 15) is 5.11 Å². The molecule has 188 valence electrons. The zero-order chi connectivity index (χ0) is 21.2. The van der Waals surface area contributed by atoms with Crippen molar-refractivity contribution in [3.05, 3.63) is 12.7 Å². The molecule has 2 atom stereocenters. The van der Waals surface area contributed by atoms with Crippen LogP contribution in [0.1, 0.15) is 53.5 Å². The fraction of sp³-hybridized carbons (Fsp3) is 0.762. The maximum Gasteiger partial charge on any atom is 0.165 e. The third-order valence-corrected chi connectivity index (χ3v) is 5.69. The van der Waals surface area contributed by atoms with Crippen LogP contribution in [0.3, 0.4) is 0 Å². The fourth-order valence-corrected chi connectivity index (χ4v) is 3.65. The van der Waals surface area contributed by atoms with Gasteiger partial charge in [0.15, 0.2) is 11.5 Å². The van der Waals surface area contributed by atoms with Gasteiger partial charge in [-0.15, -0.1) is 37.2 Å². The molecule has 0 fully saturated rings. The van der Waals surface area contributed by atoms with Crippen molar-refractivity contribution in [3.8, 4) is 0 Å². The molecule has 0 aliphatic rings. The van der Waals surface area contributed by atoms with Crippen molar-refractivity contribution in [1.82, 2.24) is 29.3 Å². The summed E-state index contributed by atoms with van der Waals surface area (Å²) in [5.41, 5.74) is 1.61. The maximum atomic E-state index is 10.3. The van der Waals surface area contributed by atoms with Crippen molar-refractivity contribution in [1.29, 1.82) is 0 Å². The number of aliphatic hydroxyl groups is 1. The SMILES string of the molecule is CCN(CC)CCCC(C)n1cnc2c(NCC(O)CN(CC)CC)ncnc21.Cl.Cl.Cl. The number of nitrogens with one attached hydrogen (secondary N) is 1. The van der Waals surface area contributed by atoms with Crippen molar-refractivity contribution < 1.29 is 5.11 Å². The van der Waals surface area contributed by atoms with Crippen molar-refractivity contribution in [3.63, 3.8) is 0 Å². The fourth-order valence-electron chi connectivity index (χ4n) is 3.65. The number of aromatic nitrogens is 4. The van der Waals surface area contributed by atoms with Crippen LogP contribution in [0.4, 0.5) is 5.82 Å². The van der Waals surface area contributed by atoms with Gasteiger partial charge in [-0.3, -0.25) is 0 Å². The van der Waals surface area contributed by atoms with E-state index < -0.39 is 6.10 Å². The number of halogens is 3. The predicted octanol–water partition coefficient (Wildman–Crippen LogP) is 3.89. The number of anilines is 1. The van der Waals surface area contributed by atoms with Gasteiger partial charge in [0.1, 0.15) is 11.8 Å². The molecule has 0 aliphatic heterocycles. The van der Waals surface area contributed by atoms with E-state index in [1.165, 1.54) is 0 Å². The summed E-state index contributed by atoms with van der Waals surface area (Å²) in [6, 6.07) is 0.326. The van der Waals surface area contributed by atoms with Crippen LogP contribution in [0, 0.1) is 0 Å². The standard InChI is InChI=1S/C21H39N7O.3ClH/c1-6-26(7-2)12-10-11-17(5)28-16-25-19-20(23-15-24-21(19)28)22-13-18(29)14-27(8-3)9-4;;;/h15-18,29H,6-14H2,1-5H3,(H,22,23,24);3*1H. The molecule has 2 rings (SSSR count). The van der Waals surface area contributed by atoms with E-state index in [2.05, 4.69) is 69.3 Å². The van der Waals surface area contributed by atoms with Gasteiger partial charge in [0.05, 0.1) is 12.4 Å². The molecule has 0 saturated carbocycles. The van der Waals surface area contributed by atoms with Gasteiger partial charge in [0.2, 0.25) is 0 Å². The second-order valence-electron chi connectivity index (χ2n) is 7.59. The molecule has 2 unspecified atom stereocenters. The second kappa shape index (κ2) is 17.6. The Morgan fingerprint density at radius 2 is 1.59 bits per heavy atom. The van der Waals surface area contributed by atoms with Crippen LogP contribution in [-0.2, 0) is 0 Å². The number of hydrogen-bond donors (Lipinski definition) is 2. The van der Waals surface area contributed by atoms with E-state index in [-0.39, 0.29) is 37.2 Å². The number of imidazole rings is 1. The van der Waals surface area contributed by atoms with Crippen molar-refractivity contribution in [2.24, 2.45) is 0 Å². The maximum absolute atomic E-state index is 10.3. The Kier molecular flexibility index (Phi) is 18.3. The number of fused-ring (bicyclic) bond motifs is 1. The lowest BCUT2D eigenvalue weighted by Gasteiger charge is -2.22. The number of aliphatic hydroxyl groups excluding tert-OH is 1. The highest BCUT2D eigenvalue weighted by atomic mass is 35.5. The van der Waals surface area contributed by atoms with Gasteiger partial charge in [-0.1, -0.05) is 27.7 Å². The van der Waals surface area contributed by atoms with Crippen LogP contribution in [-0.4, -0.2) is 86.3 Å². The summed E-state index contributed by atoms with van der Waals surface area (Å²) in [5, 5.41) is 13.6. The molecule has 0 saturated heterocycles. The van der Waals surface area contributed by atoms with Gasteiger partial charge >= 0.3 is 0 Å². The van der Waals surface area contributed by atoms with Gasteiger partial charge in [-0.05, 0) is 52.5 Å². The summed E-state index contributed by atoms with van der Waals surface area (Å²) >= 11 is 0. The summed E-state index contributed by atoms with van der Waals surface area (Å²) in [6.45, 7) is 17.1. The first kappa shape index (κ1) is 33.3. The van der Waals surface area contributed by atoms with Crippen LogP contribution in [0.25, 0.3) is 11.2 Å². The van der Waals surface area contributed by atoms with Crippen molar-refractivity contribution >= 4 is 54.2 Å². The molecule has 2 heterocycles. The highest BCUT2D eigenvalue weighted by molar-refractivity contribution is 5.86. The second-order valence-corrected chi connectivity index (χ2v) is 7.59. The van der Waals surface area contributed by atoms with Gasteiger partial charge < -0.3 is 24.8 Å². The number of rotatable bonds is 14. The Labute approximate surface area is 211 Å². The van der Waals surface area contributed by atoms with E-state index in [0.29, 0.717) is 24.9 Å². The molecule has 8 nitrogen and oxygen atoms in total.